The van der Waals surface area contributed by atoms with E-state index in [4.69, 9.17) is 0 Å². The van der Waals surface area contributed by atoms with Gasteiger partial charge in [0.25, 0.3) is 15.9 Å². The normalized spacial score (nSPS) is 28.3. The fraction of sp³-hybridized carbons (Fsp3) is 0.435. The molecule has 3 saturated carbocycles. The van der Waals surface area contributed by atoms with Crippen LogP contribution in [-0.2, 0) is 31.4 Å². The summed E-state index contributed by atoms with van der Waals surface area (Å²) in [4.78, 5) is 19.8. The summed E-state index contributed by atoms with van der Waals surface area (Å²) in [6.45, 7) is 0.273. The largest absolute Gasteiger partial charge is 0.511 e. The molecule has 0 unspecified atom stereocenters. The van der Waals surface area contributed by atoms with Gasteiger partial charge in [0, 0.05) is 29.2 Å². The van der Waals surface area contributed by atoms with Gasteiger partial charge in [-0.1, -0.05) is 0 Å². The number of nitrogens with zero attached hydrogens (tertiary/aromatic N) is 3. The number of amidine groups is 1. The van der Waals surface area contributed by atoms with Crippen LogP contribution in [0.15, 0.2) is 50.4 Å². The number of aromatic nitrogens is 1. The van der Waals surface area contributed by atoms with Gasteiger partial charge in [-0.05, 0) is 55.7 Å². The number of benzene rings is 1. The third-order valence-electron chi connectivity index (χ3n) is 7.63. The second-order valence-corrected chi connectivity index (χ2v) is 14.2. The quantitative estimate of drug-likeness (QED) is 0.501. The number of nitrogens with one attached hydrogen (secondary N) is 2. The number of carbonyl (C=O) groups is 1. The van der Waals surface area contributed by atoms with E-state index < -0.39 is 26.0 Å². The number of rotatable bonds is 5. The molecule has 3 aliphatic carbocycles. The summed E-state index contributed by atoms with van der Waals surface area (Å²) in [5.74, 6) is -0.677. The van der Waals surface area contributed by atoms with E-state index in [2.05, 4.69) is 19.4 Å². The summed E-state index contributed by atoms with van der Waals surface area (Å²) in [5.41, 5.74) is 0.0607. The Bertz CT molecular complexity index is 1560. The molecular formula is C23H25N5O6S3. The molecule has 2 atom stereocenters. The number of carbonyl (C=O) groups excluding carboxylic acids is 1. The van der Waals surface area contributed by atoms with Gasteiger partial charge in [0.05, 0.1) is 18.5 Å². The molecule has 2 aromatic rings. The van der Waals surface area contributed by atoms with E-state index in [1.165, 1.54) is 29.5 Å². The zero-order chi connectivity index (χ0) is 26.1. The van der Waals surface area contributed by atoms with E-state index in [1.54, 1.807) is 11.1 Å². The highest BCUT2D eigenvalue weighted by Crippen LogP contribution is 2.52. The summed E-state index contributed by atoms with van der Waals surface area (Å²) in [6.07, 6.45) is 6.50. The SMILES string of the molecule is CS(=O)(=O)Nc1ccc2c(c1)S(=O)(=O)N=C(C1=C(O)[C@@H]3C4CCC(CC4)[C@@H]3N(Cc3nccs3)C1=O)N2. The van der Waals surface area contributed by atoms with Gasteiger partial charge in [-0.2, -0.15) is 8.42 Å². The molecule has 7 rings (SSSR count). The van der Waals surface area contributed by atoms with Gasteiger partial charge in [0.15, 0.2) is 5.84 Å². The number of thiazole rings is 1. The minimum absolute atomic E-state index is 0.0665. The van der Waals surface area contributed by atoms with Gasteiger partial charge in [0.2, 0.25) is 10.0 Å². The van der Waals surface area contributed by atoms with Crippen molar-refractivity contribution in [2.45, 2.75) is 43.2 Å². The first-order valence-corrected chi connectivity index (χ1v) is 16.1. The Balaban J connectivity index is 1.43. The van der Waals surface area contributed by atoms with Gasteiger partial charge >= 0.3 is 0 Å². The van der Waals surface area contributed by atoms with Crippen LogP contribution in [0.4, 0.5) is 11.4 Å². The number of amides is 1. The van der Waals surface area contributed by atoms with E-state index in [0.717, 1.165) is 36.9 Å². The number of aliphatic hydroxyl groups excluding tert-OH is 1. The third kappa shape index (κ3) is 4.20. The monoisotopic (exact) mass is 563 g/mol. The van der Waals surface area contributed by atoms with E-state index in [0.29, 0.717) is 0 Å². The van der Waals surface area contributed by atoms with Gasteiger partial charge in [0.1, 0.15) is 21.2 Å². The number of sulfonamides is 2. The zero-order valence-corrected chi connectivity index (χ0v) is 22.2. The highest BCUT2D eigenvalue weighted by atomic mass is 32.2. The van der Waals surface area contributed by atoms with E-state index in [-0.39, 0.29) is 63.8 Å². The maximum Gasteiger partial charge on any atom is 0.286 e. The van der Waals surface area contributed by atoms with Crippen molar-refractivity contribution in [1.29, 1.82) is 0 Å². The number of fused-ring (bicyclic) bond motifs is 3. The minimum atomic E-state index is -4.31. The first kappa shape index (κ1) is 24.4. The van der Waals surface area contributed by atoms with Crippen molar-refractivity contribution in [3.63, 3.8) is 0 Å². The van der Waals surface area contributed by atoms with Crippen LogP contribution in [-0.4, -0.2) is 55.9 Å². The first-order valence-electron chi connectivity index (χ1n) is 11.9. The molecule has 1 aromatic carbocycles. The highest BCUT2D eigenvalue weighted by Gasteiger charge is 2.54. The molecular weight excluding hydrogens is 538 g/mol. The molecule has 1 amide bonds. The maximum absolute atomic E-state index is 13.9. The lowest BCUT2D eigenvalue weighted by Gasteiger charge is -2.54. The second kappa shape index (κ2) is 8.53. The predicted molar refractivity (Wildman–Crippen MR) is 138 cm³/mol. The van der Waals surface area contributed by atoms with Gasteiger partial charge in [-0.15, -0.1) is 15.7 Å². The Morgan fingerprint density at radius 3 is 2.62 bits per heavy atom. The van der Waals surface area contributed by atoms with E-state index >= 15 is 0 Å². The molecule has 0 spiro atoms. The van der Waals surface area contributed by atoms with Crippen LogP contribution in [0.5, 0.6) is 0 Å². The fourth-order valence-electron chi connectivity index (χ4n) is 6.23. The van der Waals surface area contributed by atoms with Crippen LogP contribution in [0.25, 0.3) is 0 Å². The average molecular weight is 564 g/mol. The standard InChI is InChI=1S/C23H25N5O6S3/c1-36(31,32)26-14-6-7-15-16(10-14)37(33,34)27-22(25-15)19-21(29)18-12-2-4-13(5-3-12)20(18)28(23(19)30)11-17-24-8-9-35-17/h6-10,12-13,18,20,26,29H,2-5,11H2,1H3,(H,25,27)/t12?,13?,18-,20+/m1/s1. The first-order chi connectivity index (χ1) is 17.5. The van der Waals surface area contributed by atoms with Gasteiger partial charge in [-0.3, -0.25) is 9.52 Å². The molecule has 3 fully saturated rings. The van der Waals surface area contributed by atoms with Gasteiger partial charge < -0.3 is 15.3 Å². The minimum Gasteiger partial charge on any atom is -0.511 e. The molecule has 2 aliphatic heterocycles. The molecule has 2 bridgehead atoms. The summed E-state index contributed by atoms with van der Waals surface area (Å²) in [7, 11) is -7.93. The number of aliphatic hydroxyl groups is 1. The lowest BCUT2D eigenvalue weighted by molar-refractivity contribution is -0.140. The molecule has 0 radical (unpaired) electrons. The lowest BCUT2D eigenvalue weighted by atomic mass is 9.59. The summed E-state index contributed by atoms with van der Waals surface area (Å²) < 4.78 is 55.6. The summed E-state index contributed by atoms with van der Waals surface area (Å²) in [5, 5.41) is 17.0. The van der Waals surface area contributed by atoms with Crippen LogP contribution in [0.1, 0.15) is 30.7 Å². The van der Waals surface area contributed by atoms with Gasteiger partial charge in [-0.25, -0.2) is 13.4 Å². The summed E-state index contributed by atoms with van der Waals surface area (Å²) in [6, 6.07) is 3.80. The van der Waals surface area contributed by atoms with Crippen molar-refractivity contribution in [3.05, 3.63) is 46.1 Å². The molecule has 3 N–H and O–H groups in total. The second-order valence-electron chi connectivity index (χ2n) is 9.94. The Morgan fingerprint density at radius 1 is 1.22 bits per heavy atom. The van der Waals surface area contributed by atoms with Crippen molar-refractivity contribution in [1.82, 2.24) is 9.88 Å². The van der Waals surface area contributed by atoms with E-state index in [1.807, 2.05) is 5.38 Å². The van der Waals surface area contributed by atoms with Crippen molar-refractivity contribution in [2.75, 3.05) is 16.3 Å². The molecule has 1 aromatic heterocycles. The van der Waals surface area contributed by atoms with Crippen LogP contribution >= 0.6 is 11.3 Å². The van der Waals surface area contributed by atoms with Crippen LogP contribution in [0, 0.1) is 17.8 Å². The predicted octanol–water partition coefficient (Wildman–Crippen LogP) is 2.69. The number of anilines is 2. The van der Waals surface area contributed by atoms with E-state index in [9.17, 15) is 26.7 Å². The van der Waals surface area contributed by atoms with Crippen molar-refractivity contribution >= 4 is 54.5 Å². The van der Waals surface area contributed by atoms with Crippen molar-refractivity contribution < 1.29 is 26.7 Å². The van der Waals surface area contributed by atoms with Crippen LogP contribution in [0.3, 0.4) is 0 Å². The van der Waals surface area contributed by atoms with Crippen molar-refractivity contribution in [3.8, 4) is 0 Å². The number of hydrogen-bond acceptors (Lipinski definition) is 9. The molecule has 5 aliphatic rings. The van der Waals surface area contributed by atoms with Crippen LogP contribution < -0.4 is 10.0 Å². The van der Waals surface area contributed by atoms with Crippen LogP contribution in [0.2, 0.25) is 0 Å². The summed E-state index contributed by atoms with van der Waals surface area (Å²) >= 11 is 1.44. The topological polar surface area (TPSA) is 158 Å². The smallest absolute Gasteiger partial charge is 0.286 e. The average Bonchev–Trinajstić information content (AvgIpc) is 3.34. The number of hydrogen-bond donors (Lipinski definition) is 3. The molecule has 37 heavy (non-hydrogen) atoms. The molecule has 196 valence electrons. The Labute approximate surface area is 218 Å². The Morgan fingerprint density at radius 2 is 1.95 bits per heavy atom. The third-order valence-corrected chi connectivity index (χ3v) is 10.3. The lowest BCUT2D eigenvalue weighted by Crippen LogP contribution is -2.60. The Hall–Kier alpha value is -2.97. The highest BCUT2D eigenvalue weighted by molar-refractivity contribution is 7.92. The zero-order valence-electron chi connectivity index (χ0n) is 19.8. The Kier molecular flexibility index (Phi) is 5.62. The molecule has 3 heterocycles. The maximum atomic E-state index is 13.9. The fourth-order valence-corrected chi connectivity index (χ4v) is 8.55. The molecule has 14 heteroatoms. The molecule has 11 nitrogen and oxygen atoms in total. The molecule has 0 saturated heterocycles. The van der Waals surface area contributed by atoms with Crippen molar-refractivity contribution in [2.24, 2.45) is 22.2 Å².